The lowest BCUT2D eigenvalue weighted by Crippen LogP contribution is -2.23. The fourth-order valence-corrected chi connectivity index (χ4v) is 2.15. The summed E-state index contributed by atoms with van der Waals surface area (Å²) in [6.45, 7) is 2.77. The monoisotopic (exact) mass is 359 g/mol. The molecule has 0 bridgehead atoms. The standard InChI is InChI=1S/C19H19F2N3O2/c1-2-26-17-9-4-3-6-13(17)12-23-11-10-16(22)19(25)24-18-14(20)7-5-8-15(18)21/h3-9,11,22H,2,10,12H2,1H3,(H,24,25). The minimum absolute atomic E-state index is 0.0568. The Morgan fingerprint density at radius 2 is 1.88 bits per heavy atom. The Morgan fingerprint density at radius 1 is 1.19 bits per heavy atom. The first-order valence-electron chi connectivity index (χ1n) is 8.04. The summed E-state index contributed by atoms with van der Waals surface area (Å²) in [4.78, 5) is 16.0. The summed E-state index contributed by atoms with van der Waals surface area (Å²) in [7, 11) is 0. The van der Waals surface area contributed by atoms with Gasteiger partial charge in [-0.2, -0.15) is 0 Å². The van der Waals surface area contributed by atoms with Crippen molar-refractivity contribution >= 4 is 23.5 Å². The van der Waals surface area contributed by atoms with Gasteiger partial charge >= 0.3 is 0 Å². The smallest absolute Gasteiger partial charge is 0.269 e. The molecular weight excluding hydrogens is 340 g/mol. The highest BCUT2D eigenvalue weighted by molar-refractivity contribution is 6.43. The van der Waals surface area contributed by atoms with Crippen LogP contribution >= 0.6 is 0 Å². The number of nitrogens with zero attached hydrogens (tertiary/aromatic N) is 1. The number of nitrogens with one attached hydrogen (secondary N) is 2. The van der Waals surface area contributed by atoms with Crippen molar-refractivity contribution in [3.63, 3.8) is 0 Å². The van der Waals surface area contributed by atoms with Gasteiger partial charge in [0.05, 0.1) is 13.2 Å². The number of benzene rings is 2. The molecule has 0 saturated carbocycles. The molecule has 2 N–H and O–H groups in total. The van der Waals surface area contributed by atoms with Gasteiger partial charge in [0.15, 0.2) is 0 Å². The molecule has 5 nitrogen and oxygen atoms in total. The molecule has 0 saturated heterocycles. The maximum atomic E-state index is 13.5. The number of anilines is 1. The van der Waals surface area contributed by atoms with Crippen LogP contribution in [0.25, 0.3) is 0 Å². The van der Waals surface area contributed by atoms with Crippen molar-refractivity contribution < 1.29 is 18.3 Å². The van der Waals surface area contributed by atoms with E-state index in [1.165, 1.54) is 12.3 Å². The number of amides is 1. The number of carbonyl (C=O) groups is 1. The zero-order valence-corrected chi connectivity index (χ0v) is 14.3. The van der Waals surface area contributed by atoms with E-state index in [9.17, 15) is 13.6 Å². The summed E-state index contributed by atoms with van der Waals surface area (Å²) in [5.74, 6) is -1.94. The molecule has 26 heavy (non-hydrogen) atoms. The molecule has 0 aliphatic rings. The van der Waals surface area contributed by atoms with Crippen molar-refractivity contribution in [3.8, 4) is 5.75 Å². The van der Waals surface area contributed by atoms with E-state index in [1.807, 2.05) is 31.2 Å². The van der Waals surface area contributed by atoms with Gasteiger partial charge in [0, 0.05) is 18.2 Å². The summed E-state index contributed by atoms with van der Waals surface area (Å²) in [5.41, 5.74) is -0.0330. The summed E-state index contributed by atoms with van der Waals surface area (Å²) < 4.78 is 32.5. The molecule has 0 atom stereocenters. The molecule has 0 fully saturated rings. The van der Waals surface area contributed by atoms with E-state index in [-0.39, 0.29) is 12.1 Å². The molecule has 0 aromatic heterocycles. The van der Waals surface area contributed by atoms with Crippen LogP contribution in [0.3, 0.4) is 0 Å². The second-order valence-corrected chi connectivity index (χ2v) is 5.30. The molecule has 2 aromatic rings. The number of rotatable bonds is 8. The van der Waals surface area contributed by atoms with Crippen LogP contribution in [0.5, 0.6) is 5.75 Å². The fraction of sp³-hybridized carbons (Fsp3) is 0.211. The third-order valence-electron chi connectivity index (χ3n) is 3.43. The zero-order valence-electron chi connectivity index (χ0n) is 14.3. The fourth-order valence-electron chi connectivity index (χ4n) is 2.15. The van der Waals surface area contributed by atoms with Crippen molar-refractivity contribution in [2.75, 3.05) is 11.9 Å². The van der Waals surface area contributed by atoms with Crippen LogP contribution in [0.15, 0.2) is 47.5 Å². The molecule has 0 radical (unpaired) electrons. The molecule has 0 unspecified atom stereocenters. The van der Waals surface area contributed by atoms with E-state index in [1.54, 1.807) is 0 Å². The summed E-state index contributed by atoms with van der Waals surface area (Å²) in [5, 5.41) is 9.77. The summed E-state index contributed by atoms with van der Waals surface area (Å²) in [6.07, 6.45) is 1.36. The van der Waals surface area contributed by atoms with Crippen molar-refractivity contribution in [3.05, 3.63) is 59.7 Å². The van der Waals surface area contributed by atoms with Gasteiger partial charge in [-0.3, -0.25) is 15.2 Å². The first kappa shape index (κ1) is 19.2. The Labute approximate surface area is 150 Å². The molecule has 0 aliphatic heterocycles. The zero-order chi connectivity index (χ0) is 18.9. The molecule has 2 aromatic carbocycles. The first-order chi connectivity index (χ1) is 12.5. The Bertz CT molecular complexity index is 802. The van der Waals surface area contributed by atoms with E-state index in [4.69, 9.17) is 10.1 Å². The second-order valence-electron chi connectivity index (χ2n) is 5.30. The highest BCUT2D eigenvalue weighted by Gasteiger charge is 2.14. The Hall–Kier alpha value is -3.09. The summed E-state index contributed by atoms with van der Waals surface area (Å²) in [6, 6.07) is 10.7. The van der Waals surface area contributed by atoms with E-state index in [2.05, 4.69) is 10.3 Å². The van der Waals surface area contributed by atoms with Crippen LogP contribution in [0.2, 0.25) is 0 Å². The van der Waals surface area contributed by atoms with E-state index < -0.39 is 23.2 Å². The maximum Gasteiger partial charge on any atom is 0.269 e. The first-order valence-corrected chi connectivity index (χ1v) is 8.04. The van der Waals surface area contributed by atoms with Crippen molar-refractivity contribution in [2.24, 2.45) is 4.99 Å². The lowest BCUT2D eigenvalue weighted by atomic mass is 10.2. The molecule has 0 heterocycles. The number of para-hydroxylation sites is 2. The van der Waals surface area contributed by atoms with Crippen LogP contribution in [-0.4, -0.2) is 24.4 Å². The second kappa shape index (κ2) is 9.41. The van der Waals surface area contributed by atoms with Gasteiger partial charge in [-0.05, 0) is 25.1 Å². The number of hydrogen-bond donors (Lipinski definition) is 2. The molecule has 7 heteroatoms. The average molecular weight is 359 g/mol. The summed E-state index contributed by atoms with van der Waals surface area (Å²) >= 11 is 0. The molecule has 0 aliphatic carbocycles. The normalized spacial score (nSPS) is 10.7. The number of hydrogen-bond acceptors (Lipinski definition) is 4. The Morgan fingerprint density at radius 3 is 2.58 bits per heavy atom. The van der Waals surface area contributed by atoms with E-state index in [0.29, 0.717) is 13.2 Å². The van der Waals surface area contributed by atoms with E-state index in [0.717, 1.165) is 23.4 Å². The predicted molar refractivity (Wildman–Crippen MR) is 97.1 cm³/mol. The van der Waals surface area contributed by atoms with Gasteiger partial charge in [-0.1, -0.05) is 24.3 Å². The Kier molecular flexibility index (Phi) is 6.96. The van der Waals surface area contributed by atoms with Crippen molar-refractivity contribution in [1.29, 1.82) is 5.41 Å². The van der Waals surface area contributed by atoms with Gasteiger partial charge in [-0.25, -0.2) is 8.78 Å². The minimum Gasteiger partial charge on any atom is -0.494 e. The van der Waals surface area contributed by atoms with Gasteiger partial charge < -0.3 is 10.1 Å². The molecule has 0 spiro atoms. The average Bonchev–Trinajstić information content (AvgIpc) is 2.63. The van der Waals surface area contributed by atoms with Crippen LogP contribution < -0.4 is 10.1 Å². The van der Waals surface area contributed by atoms with Crippen LogP contribution in [0, 0.1) is 17.0 Å². The largest absolute Gasteiger partial charge is 0.494 e. The van der Waals surface area contributed by atoms with Gasteiger partial charge in [0.1, 0.15) is 28.8 Å². The Balaban J connectivity index is 1.90. The number of aliphatic imine (C=N–C) groups is 1. The highest BCUT2D eigenvalue weighted by Crippen LogP contribution is 2.19. The maximum absolute atomic E-state index is 13.5. The minimum atomic E-state index is -0.896. The third-order valence-corrected chi connectivity index (χ3v) is 3.43. The predicted octanol–water partition coefficient (Wildman–Crippen LogP) is 3.98. The number of carbonyl (C=O) groups excluding carboxylic acids is 1. The molecular formula is C19H19F2N3O2. The van der Waals surface area contributed by atoms with Gasteiger partial charge in [0.25, 0.3) is 5.91 Å². The van der Waals surface area contributed by atoms with Crippen LogP contribution in [0.1, 0.15) is 18.9 Å². The number of ether oxygens (including phenoxy) is 1. The third kappa shape index (κ3) is 5.20. The topological polar surface area (TPSA) is 74.5 Å². The highest BCUT2D eigenvalue weighted by atomic mass is 19.1. The molecule has 136 valence electrons. The van der Waals surface area contributed by atoms with E-state index >= 15 is 0 Å². The number of halogens is 2. The van der Waals surface area contributed by atoms with Crippen LogP contribution in [0.4, 0.5) is 14.5 Å². The SMILES string of the molecule is CCOc1ccccc1CN=CCC(=N)C(=O)Nc1c(F)cccc1F. The lowest BCUT2D eigenvalue weighted by molar-refractivity contribution is -0.110. The van der Waals surface area contributed by atoms with Gasteiger partial charge in [-0.15, -0.1) is 0 Å². The van der Waals surface area contributed by atoms with Crippen molar-refractivity contribution in [2.45, 2.75) is 19.9 Å². The quantitative estimate of drug-likeness (QED) is 0.700. The lowest BCUT2D eigenvalue weighted by Gasteiger charge is -2.08. The molecule has 2 rings (SSSR count). The van der Waals surface area contributed by atoms with Crippen LogP contribution in [-0.2, 0) is 11.3 Å². The van der Waals surface area contributed by atoms with Crippen molar-refractivity contribution in [1.82, 2.24) is 0 Å². The molecule has 1 amide bonds. The van der Waals surface area contributed by atoms with Gasteiger partial charge in [0.2, 0.25) is 0 Å².